The third-order valence-corrected chi connectivity index (χ3v) is 5.56. The number of imidazole rings is 1. The molecule has 0 atom stereocenters. The number of fused-ring (bicyclic) bond motifs is 1. The van der Waals surface area contributed by atoms with Gasteiger partial charge >= 0.3 is 0 Å². The molecule has 0 radical (unpaired) electrons. The first-order valence-corrected chi connectivity index (χ1v) is 10.5. The number of hydrogen-bond acceptors (Lipinski definition) is 5. The van der Waals surface area contributed by atoms with Crippen LogP contribution in [0.3, 0.4) is 0 Å². The summed E-state index contributed by atoms with van der Waals surface area (Å²) in [6.45, 7) is 6.36. The first-order chi connectivity index (χ1) is 14.0. The maximum atomic E-state index is 5.87. The van der Waals surface area contributed by atoms with Crippen molar-refractivity contribution in [1.29, 1.82) is 0 Å². The maximum absolute atomic E-state index is 5.87. The topological polar surface area (TPSA) is 60.7 Å². The number of hydrogen-bond donors (Lipinski definition) is 1. The highest BCUT2D eigenvalue weighted by molar-refractivity contribution is 5.77. The van der Waals surface area contributed by atoms with Crippen LogP contribution in [0.15, 0.2) is 36.7 Å². The van der Waals surface area contributed by atoms with Gasteiger partial charge in [0.1, 0.15) is 11.5 Å². The molecule has 1 aliphatic carbocycles. The van der Waals surface area contributed by atoms with Crippen LogP contribution in [0, 0.1) is 5.92 Å². The molecule has 0 spiro atoms. The largest absolute Gasteiger partial charge is 0.493 e. The fourth-order valence-electron chi connectivity index (χ4n) is 3.99. The van der Waals surface area contributed by atoms with E-state index < -0.39 is 0 Å². The van der Waals surface area contributed by atoms with Gasteiger partial charge in [0.05, 0.1) is 13.2 Å². The molecule has 0 aliphatic heterocycles. The van der Waals surface area contributed by atoms with E-state index in [1.807, 2.05) is 48.7 Å². The Morgan fingerprint density at radius 1 is 1.14 bits per heavy atom. The molecule has 1 N–H and O–H groups in total. The number of rotatable bonds is 6. The van der Waals surface area contributed by atoms with Gasteiger partial charge in [-0.25, -0.2) is 9.97 Å². The Bertz CT molecular complexity index is 974. The van der Waals surface area contributed by atoms with Crippen molar-refractivity contribution in [2.24, 2.45) is 5.92 Å². The van der Waals surface area contributed by atoms with Crippen molar-refractivity contribution < 1.29 is 9.47 Å². The summed E-state index contributed by atoms with van der Waals surface area (Å²) in [5, 5.41) is 3.76. The van der Waals surface area contributed by atoms with Crippen molar-refractivity contribution in [2.75, 3.05) is 12.4 Å². The summed E-state index contributed by atoms with van der Waals surface area (Å²) in [5.41, 5.74) is 1.87. The molecule has 1 saturated carbocycles. The van der Waals surface area contributed by atoms with Gasteiger partial charge in [0.25, 0.3) is 0 Å². The third kappa shape index (κ3) is 4.16. The summed E-state index contributed by atoms with van der Waals surface area (Å²) in [5.74, 6) is 3.94. The molecule has 2 aromatic heterocycles. The van der Waals surface area contributed by atoms with Gasteiger partial charge in [-0.1, -0.05) is 6.92 Å². The average Bonchev–Trinajstić information content (AvgIpc) is 3.08. The number of methoxy groups -OCH3 is 1. The molecule has 0 amide bonds. The molecule has 1 aliphatic rings. The quantitative estimate of drug-likeness (QED) is 0.624. The van der Waals surface area contributed by atoms with E-state index >= 15 is 0 Å². The van der Waals surface area contributed by atoms with E-state index in [1.54, 1.807) is 13.3 Å². The zero-order chi connectivity index (χ0) is 20.4. The lowest BCUT2D eigenvalue weighted by Crippen LogP contribution is -2.26. The molecule has 1 aromatic carbocycles. The van der Waals surface area contributed by atoms with Crippen LogP contribution >= 0.6 is 0 Å². The van der Waals surface area contributed by atoms with E-state index in [0.29, 0.717) is 17.6 Å². The highest BCUT2D eigenvalue weighted by Gasteiger charge is 2.23. The fraction of sp³-hybridized carbons (Fsp3) is 0.478. The van der Waals surface area contributed by atoms with Gasteiger partial charge < -0.3 is 14.8 Å². The minimum Gasteiger partial charge on any atom is -0.493 e. The Kier molecular flexibility index (Phi) is 5.60. The van der Waals surface area contributed by atoms with Crippen LogP contribution in [-0.2, 0) is 0 Å². The fourth-order valence-corrected chi connectivity index (χ4v) is 3.99. The van der Waals surface area contributed by atoms with E-state index in [4.69, 9.17) is 14.5 Å². The summed E-state index contributed by atoms with van der Waals surface area (Å²) in [6.07, 6.45) is 8.75. The van der Waals surface area contributed by atoms with Gasteiger partial charge in [0, 0.05) is 24.0 Å². The molecule has 6 heteroatoms. The molecule has 2 heterocycles. The highest BCUT2D eigenvalue weighted by Crippen LogP contribution is 2.37. The molecule has 4 rings (SSSR count). The summed E-state index contributed by atoms with van der Waals surface area (Å²) in [7, 11) is 1.67. The first-order valence-electron chi connectivity index (χ1n) is 10.5. The van der Waals surface area contributed by atoms with Gasteiger partial charge in [-0.15, -0.1) is 0 Å². The van der Waals surface area contributed by atoms with Crippen molar-refractivity contribution in [3.63, 3.8) is 0 Å². The second-order valence-corrected chi connectivity index (χ2v) is 8.23. The number of benzene rings is 1. The van der Waals surface area contributed by atoms with Crippen LogP contribution in [0.1, 0.15) is 46.5 Å². The molecular weight excluding hydrogens is 364 g/mol. The molecule has 6 nitrogen and oxygen atoms in total. The second-order valence-electron chi connectivity index (χ2n) is 8.23. The van der Waals surface area contributed by atoms with Crippen LogP contribution in [0.4, 0.5) is 5.82 Å². The molecule has 0 saturated heterocycles. The van der Waals surface area contributed by atoms with Crippen LogP contribution in [0.25, 0.3) is 17.0 Å². The Balaban J connectivity index is 1.73. The van der Waals surface area contributed by atoms with Crippen molar-refractivity contribution in [1.82, 2.24) is 14.4 Å². The molecule has 0 bridgehead atoms. The Morgan fingerprint density at radius 3 is 2.66 bits per heavy atom. The lowest BCUT2D eigenvalue weighted by atomic mass is 9.87. The normalized spacial score (nSPS) is 19.5. The van der Waals surface area contributed by atoms with Crippen LogP contribution in [-0.4, -0.2) is 33.6 Å². The number of nitrogens with one attached hydrogen (secondary N) is 1. The molecule has 154 valence electrons. The monoisotopic (exact) mass is 394 g/mol. The summed E-state index contributed by atoms with van der Waals surface area (Å²) < 4.78 is 13.5. The van der Waals surface area contributed by atoms with Crippen LogP contribution < -0.4 is 14.8 Å². The molecule has 0 unspecified atom stereocenters. The lowest BCUT2D eigenvalue weighted by Gasteiger charge is -2.27. The number of aromatic nitrogens is 3. The first kappa shape index (κ1) is 19.6. The van der Waals surface area contributed by atoms with Crippen LogP contribution in [0.5, 0.6) is 11.5 Å². The van der Waals surface area contributed by atoms with Gasteiger partial charge in [0.2, 0.25) is 5.78 Å². The van der Waals surface area contributed by atoms with Gasteiger partial charge in [-0.05, 0) is 69.7 Å². The summed E-state index contributed by atoms with van der Waals surface area (Å²) >= 11 is 0. The Morgan fingerprint density at radius 2 is 1.93 bits per heavy atom. The molecule has 3 aromatic rings. The standard InChI is InChI=1S/C23H30N4O2/c1-15(2)29-19-11-8-17(14-20(19)28-4)21-22(25-18-9-6-16(3)7-10-18)27-13-5-12-24-23(27)26-21/h5,8,11-16,18,25H,6-7,9-10H2,1-4H3. The minimum absolute atomic E-state index is 0.0834. The van der Waals surface area contributed by atoms with E-state index in [2.05, 4.69) is 17.2 Å². The Hall–Kier alpha value is -2.76. The SMILES string of the molecule is COc1cc(-c2nc3ncccn3c2NC2CCC(C)CC2)ccc1OC(C)C. The Labute approximate surface area is 172 Å². The molecular formula is C23H30N4O2. The van der Waals surface area contributed by atoms with Gasteiger partial charge in [-0.3, -0.25) is 4.40 Å². The van der Waals surface area contributed by atoms with Crippen LogP contribution in [0.2, 0.25) is 0 Å². The minimum atomic E-state index is 0.0834. The number of anilines is 1. The number of ether oxygens (including phenoxy) is 2. The maximum Gasteiger partial charge on any atom is 0.235 e. The van der Waals surface area contributed by atoms with E-state index in [1.165, 1.54) is 25.7 Å². The average molecular weight is 395 g/mol. The summed E-state index contributed by atoms with van der Waals surface area (Å²) in [4.78, 5) is 9.27. The van der Waals surface area contributed by atoms with Gasteiger partial charge in [-0.2, -0.15) is 0 Å². The van der Waals surface area contributed by atoms with E-state index in [0.717, 1.165) is 28.7 Å². The predicted molar refractivity (Wildman–Crippen MR) is 116 cm³/mol. The van der Waals surface area contributed by atoms with E-state index in [9.17, 15) is 0 Å². The van der Waals surface area contributed by atoms with Gasteiger partial charge in [0.15, 0.2) is 11.5 Å². The van der Waals surface area contributed by atoms with Crippen molar-refractivity contribution in [3.8, 4) is 22.8 Å². The zero-order valence-electron chi connectivity index (χ0n) is 17.7. The smallest absolute Gasteiger partial charge is 0.235 e. The predicted octanol–water partition coefficient (Wildman–Crippen LogP) is 5.18. The number of nitrogens with zero attached hydrogens (tertiary/aromatic N) is 3. The zero-order valence-corrected chi connectivity index (χ0v) is 17.7. The van der Waals surface area contributed by atoms with Crippen molar-refractivity contribution >= 4 is 11.6 Å². The van der Waals surface area contributed by atoms with E-state index in [-0.39, 0.29) is 6.10 Å². The highest BCUT2D eigenvalue weighted by atomic mass is 16.5. The molecule has 29 heavy (non-hydrogen) atoms. The van der Waals surface area contributed by atoms with Crippen molar-refractivity contribution in [3.05, 3.63) is 36.7 Å². The van der Waals surface area contributed by atoms with Crippen molar-refractivity contribution in [2.45, 2.75) is 58.6 Å². The summed E-state index contributed by atoms with van der Waals surface area (Å²) in [6, 6.07) is 8.38. The third-order valence-electron chi connectivity index (χ3n) is 5.56. The lowest BCUT2D eigenvalue weighted by molar-refractivity contribution is 0.230. The molecule has 1 fully saturated rings. The second kappa shape index (κ2) is 8.31.